The summed E-state index contributed by atoms with van der Waals surface area (Å²) in [6, 6.07) is 6.34. The van der Waals surface area contributed by atoms with Crippen LogP contribution in [0.25, 0.3) is 0 Å². The summed E-state index contributed by atoms with van der Waals surface area (Å²) in [6.07, 6.45) is 5.03. The van der Waals surface area contributed by atoms with Gasteiger partial charge in [0.05, 0.1) is 25.4 Å². The van der Waals surface area contributed by atoms with E-state index in [1.54, 1.807) is 0 Å². The third-order valence-electron chi connectivity index (χ3n) is 5.48. The van der Waals surface area contributed by atoms with Crippen molar-refractivity contribution in [2.75, 3.05) is 40.0 Å². The minimum atomic E-state index is 0. The van der Waals surface area contributed by atoms with Crippen LogP contribution in [0, 0.1) is 6.92 Å². The van der Waals surface area contributed by atoms with E-state index in [9.17, 15) is 0 Å². The van der Waals surface area contributed by atoms with Gasteiger partial charge in [-0.1, -0.05) is 12.1 Å². The van der Waals surface area contributed by atoms with Gasteiger partial charge in [-0.3, -0.25) is 4.99 Å². The molecule has 7 heteroatoms. The average molecular weight is 517 g/mol. The number of benzene rings is 1. The zero-order chi connectivity index (χ0) is 19.8. The lowest BCUT2D eigenvalue weighted by atomic mass is 10.1. The topological polar surface area (TPSA) is 55.3 Å². The molecule has 0 aliphatic carbocycles. The first kappa shape index (κ1) is 24.2. The molecule has 2 aliphatic rings. The van der Waals surface area contributed by atoms with Crippen LogP contribution in [-0.4, -0.2) is 63.0 Å². The molecule has 2 heterocycles. The number of rotatable bonds is 7. The van der Waals surface area contributed by atoms with Crippen molar-refractivity contribution in [1.82, 2.24) is 10.2 Å². The molecule has 3 rings (SSSR count). The van der Waals surface area contributed by atoms with Crippen LogP contribution in [0.1, 0.15) is 43.7 Å². The molecule has 0 radical (unpaired) electrons. The molecule has 0 spiro atoms. The summed E-state index contributed by atoms with van der Waals surface area (Å²) >= 11 is 0. The number of piperidine rings is 1. The molecular weight excluding hydrogens is 481 g/mol. The quantitative estimate of drug-likeness (QED) is 0.339. The molecule has 1 unspecified atom stereocenters. The van der Waals surface area contributed by atoms with E-state index in [-0.39, 0.29) is 24.0 Å². The van der Waals surface area contributed by atoms with Crippen molar-refractivity contribution in [1.29, 1.82) is 0 Å². The average Bonchev–Trinajstić information content (AvgIpc) is 3.23. The van der Waals surface area contributed by atoms with Crippen molar-refractivity contribution < 1.29 is 14.2 Å². The lowest BCUT2D eigenvalue weighted by Crippen LogP contribution is -2.47. The van der Waals surface area contributed by atoms with Gasteiger partial charge in [0.15, 0.2) is 5.96 Å². The smallest absolute Gasteiger partial charge is 0.193 e. The molecule has 1 aromatic carbocycles. The maximum atomic E-state index is 6.08. The molecule has 2 fully saturated rings. The number of hydrogen-bond acceptors (Lipinski definition) is 4. The van der Waals surface area contributed by atoms with E-state index < -0.39 is 0 Å². The van der Waals surface area contributed by atoms with Crippen LogP contribution in [0.15, 0.2) is 23.2 Å². The number of guanidine groups is 1. The van der Waals surface area contributed by atoms with Crippen LogP contribution in [0.2, 0.25) is 0 Å². The molecule has 1 aromatic rings. The largest absolute Gasteiger partial charge is 0.494 e. The summed E-state index contributed by atoms with van der Waals surface area (Å²) in [7, 11) is 1.85. The summed E-state index contributed by atoms with van der Waals surface area (Å²) in [5, 5.41) is 3.50. The van der Waals surface area contributed by atoms with Gasteiger partial charge in [-0.25, -0.2) is 0 Å². The van der Waals surface area contributed by atoms with E-state index >= 15 is 0 Å². The molecular formula is C22H36IN3O3. The zero-order valence-electron chi connectivity index (χ0n) is 18.0. The number of aryl methyl sites for hydroxylation is 1. The number of hydrogen-bond donors (Lipinski definition) is 1. The molecule has 2 saturated heterocycles. The van der Waals surface area contributed by atoms with E-state index in [4.69, 9.17) is 14.2 Å². The Morgan fingerprint density at radius 3 is 2.69 bits per heavy atom. The maximum absolute atomic E-state index is 6.08. The second kappa shape index (κ2) is 12.6. The van der Waals surface area contributed by atoms with Crippen LogP contribution < -0.4 is 10.1 Å². The van der Waals surface area contributed by atoms with Crippen molar-refractivity contribution >= 4 is 29.9 Å². The third kappa shape index (κ3) is 7.29. The first-order chi connectivity index (χ1) is 13.7. The van der Waals surface area contributed by atoms with E-state index in [0.717, 1.165) is 63.8 Å². The van der Waals surface area contributed by atoms with Gasteiger partial charge in [-0.15, -0.1) is 24.0 Å². The molecule has 0 aromatic heterocycles. The van der Waals surface area contributed by atoms with E-state index in [2.05, 4.69) is 40.3 Å². The van der Waals surface area contributed by atoms with Crippen molar-refractivity contribution in [3.63, 3.8) is 0 Å². The number of aliphatic imine (C=N–C) groups is 1. The normalized spacial score (nSPS) is 20.4. The Labute approximate surface area is 192 Å². The van der Waals surface area contributed by atoms with Gasteiger partial charge in [0.1, 0.15) is 5.75 Å². The predicted octanol–water partition coefficient (Wildman–Crippen LogP) is 3.75. The SMILES string of the molecule is CCOc1ccc(CNC(=NC)N2CCC(OCC3CCCO3)CC2)cc1C.I. The highest BCUT2D eigenvalue weighted by molar-refractivity contribution is 14.0. The van der Waals surface area contributed by atoms with Crippen molar-refractivity contribution in [3.8, 4) is 5.75 Å². The summed E-state index contributed by atoms with van der Waals surface area (Å²) in [5.41, 5.74) is 2.40. The summed E-state index contributed by atoms with van der Waals surface area (Å²) in [4.78, 5) is 6.80. The maximum Gasteiger partial charge on any atom is 0.193 e. The summed E-state index contributed by atoms with van der Waals surface area (Å²) in [6.45, 7) is 9.13. The van der Waals surface area contributed by atoms with Gasteiger partial charge >= 0.3 is 0 Å². The summed E-state index contributed by atoms with van der Waals surface area (Å²) in [5.74, 6) is 1.92. The monoisotopic (exact) mass is 517 g/mol. The lowest BCUT2D eigenvalue weighted by Gasteiger charge is -2.34. The van der Waals surface area contributed by atoms with Gasteiger partial charge < -0.3 is 24.4 Å². The number of halogens is 1. The molecule has 0 amide bonds. The van der Waals surface area contributed by atoms with Gasteiger partial charge in [-0.2, -0.15) is 0 Å². The van der Waals surface area contributed by atoms with Crippen molar-refractivity contribution in [2.45, 2.75) is 58.3 Å². The third-order valence-corrected chi connectivity index (χ3v) is 5.48. The summed E-state index contributed by atoms with van der Waals surface area (Å²) < 4.78 is 17.4. The van der Waals surface area contributed by atoms with Gasteiger partial charge in [0, 0.05) is 33.3 Å². The number of nitrogens with zero attached hydrogens (tertiary/aromatic N) is 2. The Hall–Kier alpha value is -1.06. The first-order valence-electron chi connectivity index (χ1n) is 10.6. The molecule has 1 N–H and O–H groups in total. The zero-order valence-corrected chi connectivity index (χ0v) is 20.3. The van der Waals surface area contributed by atoms with E-state index in [1.165, 1.54) is 17.5 Å². The van der Waals surface area contributed by atoms with Gasteiger partial charge in [0.25, 0.3) is 0 Å². The van der Waals surface area contributed by atoms with Crippen LogP contribution >= 0.6 is 24.0 Å². The first-order valence-corrected chi connectivity index (χ1v) is 10.6. The molecule has 29 heavy (non-hydrogen) atoms. The highest BCUT2D eigenvalue weighted by atomic mass is 127. The second-order valence-corrected chi connectivity index (χ2v) is 7.59. The van der Waals surface area contributed by atoms with E-state index in [0.29, 0.717) is 18.8 Å². The highest BCUT2D eigenvalue weighted by Crippen LogP contribution is 2.20. The Kier molecular flexibility index (Phi) is 10.5. The van der Waals surface area contributed by atoms with Gasteiger partial charge in [-0.05, 0) is 56.7 Å². The Balaban J connectivity index is 0.00000300. The molecule has 164 valence electrons. The Morgan fingerprint density at radius 1 is 1.28 bits per heavy atom. The standard InChI is InChI=1S/C22H35N3O3.HI/c1-4-26-21-8-7-18(14-17(21)2)15-24-22(23-3)25-11-9-19(10-12-25)28-16-20-6-5-13-27-20;/h7-8,14,19-20H,4-6,9-13,15-16H2,1-3H3,(H,23,24);1H. The number of likely N-dealkylation sites (tertiary alicyclic amines) is 1. The van der Waals surface area contributed by atoms with Crippen molar-refractivity contribution in [2.24, 2.45) is 4.99 Å². The highest BCUT2D eigenvalue weighted by Gasteiger charge is 2.24. The minimum Gasteiger partial charge on any atom is -0.494 e. The molecule has 2 aliphatic heterocycles. The molecule has 6 nitrogen and oxygen atoms in total. The predicted molar refractivity (Wildman–Crippen MR) is 127 cm³/mol. The molecule has 0 bridgehead atoms. The van der Waals surface area contributed by atoms with E-state index in [1.807, 2.05) is 14.0 Å². The Bertz CT molecular complexity index is 642. The Morgan fingerprint density at radius 2 is 2.07 bits per heavy atom. The van der Waals surface area contributed by atoms with Gasteiger partial charge in [0.2, 0.25) is 0 Å². The van der Waals surface area contributed by atoms with Crippen LogP contribution in [0.3, 0.4) is 0 Å². The fourth-order valence-corrected chi connectivity index (χ4v) is 3.91. The van der Waals surface area contributed by atoms with Crippen molar-refractivity contribution in [3.05, 3.63) is 29.3 Å². The van der Waals surface area contributed by atoms with Crippen LogP contribution in [-0.2, 0) is 16.0 Å². The minimum absolute atomic E-state index is 0. The fraction of sp³-hybridized carbons (Fsp3) is 0.682. The molecule has 1 atom stereocenters. The number of ether oxygens (including phenoxy) is 3. The number of nitrogens with one attached hydrogen (secondary N) is 1. The van der Waals surface area contributed by atoms with Crippen LogP contribution in [0.5, 0.6) is 5.75 Å². The van der Waals surface area contributed by atoms with Crippen LogP contribution in [0.4, 0.5) is 0 Å². The fourth-order valence-electron chi connectivity index (χ4n) is 3.91. The molecule has 0 saturated carbocycles. The lowest BCUT2D eigenvalue weighted by molar-refractivity contribution is -0.0367. The second-order valence-electron chi connectivity index (χ2n) is 7.59.